The van der Waals surface area contributed by atoms with Gasteiger partial charge in [0, 0.05) is 0 Å². The Kier molecular flexibility index (Phi) is 2.91. The molecule has 5 fully saturated rings. The third-order valence-electron chi connectivity index (χ3n) is 8.51. The molecule has 0 radical (unpaired) electrons. The third kappa shape index (κ3) is 2.17. The molecule has 0 spiro atoms. The van der Waals surface area contributed by atoms with Crippen LogP contribution in [0.25, 0.3) is 0 Å². The van der Waals surface area contributed by atoms with Gasteiger partial charge in [-0.05, 0) is 105 Å². The summed E-state index contributed by atoms with van der Waals surface area (Å²) in [6.07, 6.45) is 21.8. The molecular weight excluding hydrogens is 240 g/mol. The Morgan fingerprint density at radius 2 is 1.10 bits per heavy atom. The minimum atomic E-state index is 0.744. The molecule has 5 rings (SSSR count). The van der Waals surface area contributed by atoms with Crippen LogP contribution in [0.5, 0.6) is 0 Å². The summed E-state index contributed by atoms with van der Waals surface area (Å²) in [6, 6.07) is 0. The van der Waals surface area contributed by atoms with Crippen LogP contribution < -0.4 is 0 Å². The molecule has 2 unspecified atom stereocenters. The lowest BCUT2D eigenvalue weighted by molar-refractivity contribution is -0.0147. The van der Waals surface area contributed by atoms with E-state index >= 15 is 0 Å². The average Bonchev–Trinajstić information content (AvgIpc) is 2.69. The topological polar surface area (TPSA) is 0 Å². The van der Waals surface area contributed by atoms with Gasteiger partial charge in [0.25, 0.3) is 0 Å². The van der Waals surface area contributed by atoms with Crippen molar-refractivity contribution >= 4 is 0 Å². The summed E-state index contributed by atoms with van der Waals surface area (Å²) >= 11 is 0. The molecule has 5 aliphatic carbocycles. The van der Waals surface area contributed by atoms with Crippen LogP contribution in [0.15, 0.2) is 0 Å². The first-order valence-corrected chi connectivity index (χ1v) is 9.45. The van der Waals surface area contributed by atoms with E-state index in [9.17, 15) is 0 Å². The van der Waals surface area contributed by atoms with E-state index in [-0.39, 0.29) is 0 Å². The normalized spacial score (nSPS) is 54.3. The van der Waals surface area contributed by atoms with Crippen LogP contribution >= 0.6 is 0 Å². The van der Waals surface area contributed by atoms with Gasteiger partial charge in [0.1, 0.15) is 0 Å². The molecule has 5 aliphatic rings. The molecule has 0 aromatic carbocycles. The van der Waals surface area contributed by atoms with Crippen molar-refractivity contribution in [2.45, 2.75) is 104 Å². The summed E-state index contributed by atoms with van der Waals surface area (Å²) in [5.41, 5.74) is 3.08. The van der Waals surface area contributed by atoms with E-state index in [1.807, 2.05) is 0 Å². The van der Waals surface area contributed by atoms with Gasteiger partial charge in [-0.25, -0.2) is 0 Å². The summed E-state index contributed by atoms with van der Waals surface area (Å²) in [7, 11) is 0. The predicted octanol–water partition coefficient (Wildman–Crippen LogP) is 6.49. The highest BCUT2D eigenvalue weighted by Crippen LogP contribution is 2.63. The standard InChI is InChI=1S/C20H34/c1-17-6-10-19(11-7-17,12-8-17)14-15-20-5-3-4-18(2,16-20)9-13-20/h3-16H2,1-2H3. The molecule has 0 saturated heterocycles. The van der Waals surface area contributed by atoms with Gasteiger partial charge < -0.3 is 0 Å². The van der Waals surface area contributed by atoms with Crippen molar-refractivity contribution in [1.82, 2.24) is 0 Å². The van der Waals surface area contributed by atoms with Crippen LogP contribution in [0.3, 0.4) is 0 Å². The Hall–Kier alpha value is 0. The van der Waals surface area contributed by atoms with Gasteiger partial charge in [-0.2, -0.15) is 0 Å². The maximum Gasteiger partial charge on any atom is -0.0292 e. The highest BCUT2D eigenvalue weighted by atomic mass is 14.6. The van der Waals surface area contributed by atoms with E-state index in [2.05, 4.69) is 13.8 Å². The SMILES string of the molecule is CC12CCC(CCC34CCCC(C)(CC3)C4)(CC1)CC2. The molecular formula is C20H34. The smallest absolute Gasteiger partial charge is 0.0292 e. The van der Waals surface area contributed by atoms with Crippen molar-refractivity contribution in [3.05, 3.63) is 0 Å². The van der Waals surface area contributed by atoms with Crippen LogP contribution in [0, 0.1) is 21.7 Å². The molecule has 0 aromatic heterocycles. The zero-order valence-electron chi connectivity index (χ0n) is 13.9. The molecule has 2 atom stereocenters. The number of hydrogen-bond acceptors (Lipinski definition) is 0. The van der Waals surface area contributed by atoms with E-state index in [1.165, 1.54) is 38.5 Å². The largest absolute Gasteiger partial charge is 0.0596 e. The van der Waals surface area contributed by atoms with Gasteiger partial charge in [0.15, 0.2) is 0 Å². The van der Waals surface area contributed by atoms with Gasteiger partial charge in [0.2, 0.25) is 0 Å². The first-order chi connectivity index (χ1) is 9.45. The number of fused-ring (bicyclic) bond motifs is 5. The molecule has 0 aromatic rings. The average molecular weight is 274 g/mol. The van der Waals surface area contributed by atoms with Crippen molar-refractivity contribution < 1.29 is 0 Å². The van der Waals surface area contributed by atoms with E-state index < -0.39 is 0 Å². The number of rotatable bonds is 3. The second-order valence-corrected chi connectivity index (χ2v) is 10.2. The fraction of sp³-hybridized carbons (Fsp3) is 1.00. The van der Waals surface area contributed by atoms with Crippen molar-refractivity contribution in [1.29, 1.82) is 0 Å². The summed E-state index contributed by atoms with van der Waals surface area (Å²) in [4.78, 5) is 0. The molecule has 0 aliphatic heterocycles. The lowest BCUT2D eigenvalue weighted by atomic mass is 9.52. The Labute approximate surface area is 126 Å². The summed E-state index contributed by atoms with van der Waals surface area (Å²) in [5, 5.41) is 0. The lowest BCUT2D eigenvalue weighted by Crippen LogP contribution is -2.40. The van der Waals surface area contributed by atoms with Gasteiger partial charge >= 0.3 is 0 Å². The first-order valence-electron chi connectivity index (χ1n) is 9.45. The highest BCUT2D eigenvalue weighted by molar-refractivity contribution is 5.02. The zero-order chi connectivity index (χ0) is 13.9. The molecule has 114 valence electrons. The van der Waals surface area contributed by atoms with Crippen LogP contribution in [0.2, 0.25) is 0 Å². The first kappa shape index (κ1) is 13.6. The summed E-state index contributed by atoms with van der Waals surface area (Å²) < 4.78 is 0. The minimum Gasteiger partial charge on any atom is -0.0596 e. The molecule has 0 heterocycles. The quantitative estimate of drug-likeness (QED) is 0.552. The van der Waals surface area contributed by atoms with E-state index in [0.29, 0.717) is 0 Å². The molecule has 0 amide bonds. The van der Waals surface area contributed by atoms with Gasteiger partial charge in [-0.3, -0.25) is 0 Å². The van der Waals surface area contributed by atoms with Crippen LogP contribution in [0.4, 0.5) is 0 Å². The van der Waals surface area contributed by atoms with E-state index in [4.69, 9.17) is 0 Å². The second kappa shape index (κ2) is 4.26. The van der Waals surface area contributed by atoms with Crippen LogP contribution in [-0.4, -0.2) is 0 Å². The lowest BCUT2D eigenvalue weighted by Gasteiger charge is -2.53. The van der Waals surface area contributed by atoms with Gasteiger partial charge in [-0.1, -0.05) is 20.3 Å². The number of hydrogen-bond donors (Lipinski definition) is 0. The summed E-state index contributed by atoms with van der Waals surface area (Å²) in [6.45, 7) is 5.14. The van der Waals surface area contributed by atoms with Crippen molar-refractivity contribution in [3.8, 4) is 0 Å². The second-order valence-electron chi connectivity index (χ2n) is 10.2. The molecule has 0 heteroatoms. The molecule has 5 saturated carbocycles. The fourth-order valence-corrected chi connectivity index (χ4v) is 6.66. The Morgan fingerprint density at radius 1 is 0.550 bits per heavy atom. The van der Waals surface area contributed by atoms with Gasteiger partial charge in [0.05, 0.1) is 0 Å². The maximum atomic E-state index is 2.58. The Morgan fingerprint density at radius 3 is 1.80 bits per heavy atom. The zero-order valence-corrected chi connectivity index (χ0v) is 13.9. The maximum absolute atomic E-state index is 2.58. The third-order valence-corrected chi connectivity index (χ3v) is 8.51. The molecule has 4 bridgehead atoms. The monoisotopic (exact) mass is 274 g/mol. The van der Waals surface area contributed by atoms with Crippen LogP contribution in [-0.2, 0) is 0 Å². The fourth-order valence-electron chi connectivity index (χ4n) is 6.66. The highest BCUT2D eigenvalue weighted by Gasteiger charge is 2.50. The van der Waals surface area contributed by atoms with Crippen LogP contribution in [0.1, 0.15) is 104 Å². The van der Waals surface area contributed by atoms with E-state index in [1.54, 1.807) is 51.4 Å². The van der Waals surface area contributed by atoms with E-state index in [0.717, 1.165) is 21.7 Å². The summed E-state index contributed by atoms with van der Waals surface area (Å²) in [5.74, 6) is 0. The van der Waals surface area contributed by atoms with Crippen molar-refractivity contribution in [3.63, 3.8) is 0 Å². The van der Waals surface area contributed by atoms with Crippen molar-refractivity contribution in [2.75, 3.05) is 0 Å². The van der Waals surface area contributed by atoms with Gasteiger partial charge in [-0.15, -0.1) is 0 Å². The molecule has 0 nitrogen and oxygen atoms in total. The molecule has 0 N–H and O–H groups in total. The Balaban J connectivity index is 1.41. The Bertz CT molecular complexity index is 370. The minimum absolute atomic E-state index is 0.744. The molecule has 20 heavy (non-hydrogen) atoms. The predicted molar refractivity (Wildman–Crippen MR) is 85.7 cm³/mol. The van der Waals surface area contributed by atoms with Crippen molar-refractivity contribution in [2.24, 2.45) is 21.7 Å².